The normalized spacial score (nSPS) is 17.3. The van der Waals surface area contributed by atoms with Crippen LogP contribution >= 0.6 is 11.3 Å². The molecular weight excluding hydrogens is 370 g/mol. The highest BCUT2D eigenvalue weighted by molar-refractivity contribution is 7.09. The number of benzene rings is 1. The molecule has 6 heteroatoms. The van der Waals surface area contributed by atoms with Crippen LogP contribution in [0.25, 0.3) is 0 Å². The maximum Gasteiger partial charge on any atom is 0.253 e. The molecule has 0 radical (unpaired) electrons. The highest BCUT2D eigenvalue weighted by Gasteiger charge is 2.28. The Hall–Kier alpha value is -2.34. The van der Waals surface area contributed by atoms with Crippen molar-refractivity contribution < 1.29 is 9.59 Å². The number of amides is 2. The highest BCUT2D eigenvalue weighted by atomic mass is 32.1. The second kappa shape index (κ2) is 8.78. The lowest BCUT2D eigenvalue weighted by Crippen LogP contribution is -2.37. The molecule has 1 aromatic carbocycles. The lowest BCUT2D eigenvalue weighted by atomic mass is 10.1. The number of carbonyl (C=O) groups excluding carboxylic acids is 2. The maximum atomic E-state index is 13.0. The van der Waals surface area contributed by atoms with Crippen molar-refractivity contribution >= 4 is 28.8 Å². The van der Waals surface area contributed by atoms with Gasteiger partial charge in [0.05, 0.1) is 0 Å². The van der Waals surface area contributed by atoms with Crippen molar-refractivity contribution in [3.05, 3.63) is 52.2 Å². The highest BCUT2D eigenvalue weighted by Crippen LogP contribution is 2.33. The molecule has 2 fully saturated rings. The van der Waals surface area contributed by atoms with Gasteiger partial charge in [-0.1, -0.05) is 12.1 Å². The van der Waals surface area contributed by atoms with Crippen LogP contribution in [0.1, 0.15) is 40.9 Å². The van der Waals surface area contributed by atoms with Gasteiger partial charge in [0.15, 0.2) is 0 Å². The fourth-order valence-electron chi connectivity index (χ4n) is 3.62. The third-order valence-corrected chi connectivity index (χ3v) is 6.33. The first-order chi connectivity index (χ1) is 13.7. The van der Waals surface area contributed by atoms with E-state index in [0.717, 1.165) is 25.2 Å². The Kier molecular flexibility index (Phi) is 5.95. The minimum Gasteiger partial charge on any atom is -0.380 e. The number of nitrogens with zero attached hydrogens (tertiary/aromatic N) is 2. The molecule has 0 spiro atoms. The fraction of sp³-hybridized carbons (Fsp3) is 0.455. The molecule has 0 atom stereocenters. The Morgan fingerprint density at radius 3 is 2.64 bits per heavy atom. The van der Waals surface area contributed by atoms with E-state index in [1.54, 1.807) is 11.3 Å². The quantitative estimate of drug-likeness (QED) is 0.806. The van der Waals surface area contributed by atoms with Crippen LogP contribution in [0.5, 0.6) is 0 Å². The topological polar surface area (TPSA) is 52.7 Å². The van der Waals surface area contributed by atoms with Gasteiger partial charge in [0, 0.05) is 55.3 Å². The lowest BCUT2D eigenvalue weighted by Gasteiger charge is -2.22. The molecule has 2 amide bonds. The van der Waals surface area contributed by atoms with E-state index in [2.05, 4.69) is 16.8 Å². The van der Waals surface area contributed by atoms with Gasteiger partial charge in [-0.25, -0.2) is 0 Å². The zero-order valence-corrected chi connectivity index (χ0v) is 16.9. The van der Waals surface area contributed by atoms with Crippen molar-refractivity contribution in [2.75, 3.05) is 31.5 Å². The minimum atomic E-state index is 0.0521. The van der Waals surface area contributed by atoms with Gasteiger partial charge in [-0.3, -0.25) is 9.59 Å². The van der Waals surface area contributed by atoms with Crippen LogP contribution in [0.2, 0.25) is 0 Å². The van der Waals surface area contributed by atoms with Crippen molar-refractivity contribution in [1.82, 2.24) is 9.80 Å². The van der Waals surface area contributed by atoms with Crippen LogP contribution in [0.4, 0.5) is 5.69 Å². The molecule has 0 bridgehead atoms. The zero-order valence-electron chi connectivity index (χ0n) is 16.1. The molecule has 5 nitrogen and oxygen atoms in total. The summed E-state index contributed by atoms with van der Waals surface area (Å²) in [6.07, 6.45) is 3.92. The molecule has 2 aromatic rings. The first kappa shape index (κ1) is 19.0. The Morgan fingerprint density at radius 2 is 1.86 bits per heavy atom. The maximum absolute atomic E-state index is 13.0. The fourth-order valence-corrected chi connectivity index (χ4v) is 4.26. The summed E-state index contributed by atoms with van der Waals surface area (Å²) in [5.41, 5.74) is 1.66. The molecule has 1 saturated carbocycles. The number of hydrogen-bond donors (Lipinski definition) is 1. The van der Waals surface area contributed by atoms with Crippen LogP contribution in [0.15, 0.2) is 41.8 Å². The number of nitrogens with one attached hydrogen (secondary N) is 1. The summed E-state index contributed by atoms with van der Waals surface area (Å²) in [7, 11) is 0. The van der Waals surface area contributed by atoms with Crippen LogP contribution in [0.3, 0.4) is 0 Å². The summed E-state index contributed by atoms with van der Waals surface area (Å²) in [6.45, 7) is 3.49. The second-order valence-corrected chi connectivity index (χ2v) is 8.72. The predicted octanol–water partition coefficient (Wildman–Crippen LogP) is 3.83. The molecule has 1 aliphatic carbocycles. The van der Waals surface area contributed by atoms with Crippen LogP contribution < -0.4 is 5.32 Å². The summed E-state index contributed by atoms with van der Waals surface area (Å²) in [5.74, 6) is 0.922. The van der Waals surface area contributed by atoms with Gasteiger partial charge in [0.2, 0.25) is 5.91 Å². The van der Waals surface area contributed by atoms with Gasteiger partial charge in [0.1, 0.15) is 0 Å². The van der Waals surface area contributed by atoms with Gasteiger partial charge in [-0.05, 0) is 54.8 Å². The van der Waals surface area contributed by atoms with E-state index in [0.29, 0.717) is 37.5 Å². The van der Waals surface area contributed by atoms with E-state index in [-0.39, 0.29) is 11.8 Å². The van der Waals surface area contributed by atoms with E-state index in [9.17, 15) is 9.59 Å². The molecule has 4 rings (SSSR count). The summed E-state index contributed by atoms with van der Waals surface area (Å²) >= 11 is 1.72. The first-order valence-corrected chi connectivity index (χ1v) is 11.0. The van der Waals surface area contributed by atoms with E-state index >= 15 is 0 Å². The molecular formula is C22H27N3O2S. The third-order valence-electron chi connectivity index (χ3n) is 5.45. The van der Waals surface area contributed by atoms with Crippen LogP contribution in [-0.4, -0.2) is 47.8 Å². The first-order valence-electron chi connectivity index (χ1n) is 10.1. The monoisotopic (exact) mass is 397 g/mol. The molecule has 2 heterocycles. The van der Waals surface area contributed by atoms with Crippen molar-refractivity contribution in [3.8, 4) is 0 Å². The zero-order chi connectivity index (χ0) is 19.3. The van der Waals surface area contributed by atoms with Crippen molar-refractivity contribution in [3.63, 3.8) is 0 Å². The summed E-state index contributed by atoms with van der Waals surface area (Å²) in [6, 6.07) is 11.9. The average Bonchev–Trinajstić information content (AvgIpc) is 3.44. The second-order valence-electron chi connectivity index (χ2n) is 7.69. The largest absolute Gasteiger partial charge is 0.380 e. The summed E-state index contributed by atoms with van der Waals surface area (Å²) in [5, 5.41) is 5.45. The standard InChI is InChI=1S/C22H27N3O2S/c26-21(14-17-7-8-17)24-9-3-10-25(12-11-24)22(27)18-4-1-5-19(15-18)23-16-20-6-2-13-28-20/h1-2,4-6,13,15,17,23H,3,7-12,14,16H2. The lowest BCUT2D eigenvalue weighted by molar-refractivity contribution is -0.131. The molecule has 1 aliphatic heterocycles. The molecule has 28 heavy (non-hydrogen) atoms. The number of anilines is 1. The molecule has 0 unspecified atom stereocenters. The SMILES string of the molecule is O=C(CC1CC1)N1CCCN(C(=O)c2cccc(NCc3cccs3)c2)CC1. The molecule has 1 N–H and O–H groups in total. The Morgan fingerprint density at radius 1 is 1.04 bits per heavy atom. The van der Waals surface area contributed by atoms with Gasteiger partial charge in [0.25, 0.3) is 5.91 Å². The van der Waals surface area contributed by atoms with Crippen molar-refractivity contribution in [1.29, 1.82) is 0 Å². The van der Waals surface area contributed by atoms with E-state index in [4.69, 9.17) is 0 Å². The van der Waals surface area contributed by atoms with E-state index < -0.39 is 0 Å². The Labute approximate surface area is 170 Å². The summed E-state index contributed by atoms with van der Waals surface area (Å²) in [4.78, 5) is 30.5. The molecule has 1 saturated heterocycles. The molecule has 2 aliphatic rings. The van der Waals surface area contributed by atoms with Gasteiger partial charge in [-0.2, -0.15) is 0 Å². The Balaban J connectivity index is 1.34. The average molecular weight is 398 g/mol. The van der Waals surface area contributed by atoms with Crippen LogP contribution in [0, 0.1) is 5.92 Å². The van der Waals surface area contributed by atoms with Crippen LogP contribution in [-0.2, 0) is 11.3 Å². The van der Waals surface area contributed by atoms with Gasteiger partial charge >= 0.3 is 0 Å². The summed E-state index contributed by atoms with van der Waals surface area (Å²) < 4.78 is 0. The Bertz CT molecular complexity index is 817. The molecule has 148 valence electrons. The third kappa shape index (κ3) is 4.93. The number of rotatable bonds is 6. The number of carbonyl (C=O) groups is 2. The predicted molar refractivity (Wildman–Crippen MR) is 113 cm³/mol. The number of thiophene rings is 1. The van der Waals surface area contributed by atoms with E-state index in [1.807, 2.05) is 40.1 Å². The number of hydrogen-bond acceptors (Lipinski definition) is 4. The smallest absolute Gasteiger partial charge is 0.253 e. The van der Waals surface area contributed by atoms with Crippen molar-refractivity contribution in [2.24, 2.45) is 5.92 Å². The van der Waals surface area contributed by atoms with Gasteiger partial charge in [-0.15, -0.1) is 11.3 Å². The minimum absolute atomic E-state index is 0.0521. The van der Waals surface area contributed by atoms with E-state index in [1.165, 1.54) is 17.7 Å². The van der Waals surface area contributed by atoms with Gasteiger partial charge < -0.3 is 15.1 Å². The van der Waals surface area contributed by atoms with Crippen molar-refractivity contribution in [2.45, 2.75) is 32.2 Å². The molecule has 1 aromatic heterocycles.